The van der Waals surface area contributed by atoms with E-state index in [9.17, 15) is 13.5 Å². The first kappa shape index (κ1) is 14.0. The number of nitrogens with one attached hydrogen (secondary N) is 1. The fraction of sp³-hybridized carbons (Fsp3) is 0.500. The molecule has 100 valence electrons. The number of aryl methyl sites for hydroxylation is 1. The van der Waals surface area contributed by atoms with E-state index in [-0.39, 0.29) is 16.9 Å². The van der Waals surface area contributed by atoms with Gasteiger partial charge in [-0.3, -0.25) is 0 Å². The molecule has 1 aromatic rings. The summed E-state index contributed by atoms with van der Waals surface area (Å²) in [6, 6.07) is 5.20. The van der Waals surface area contributed by atoms with Crippen molar-refractivity contribution in [3.05, 3.63) is 28.2 Å². The van der Waals surface area contributed by atoms with Gasteiger partial charge in [0.05, 0.1) is 4.90 Å². The molecule has 0 bridgehead atoms. The van der Waals surface area contributed by atoms with Crippen LogP contribution in [0, 0.1) is 12.3 Å². The Morgan fingerprint density at radius 2 is 2.11 bits per heavy atom. The predicted molar refractivity (Wildman–Crippen MR) is 72.8 cm³/mol. The van der Waals surface area contributed by atoms with Gasteiger partial charge in [-0.15, -0.1) is 0 Å². The minimum absolute atomic E-state index is 0.0322. The lowest BCUT2D eigenvalue weighted by Gasteiger charge is -2.14. The Kier molecular flexibility index (Phi) is 3.82. The quantitative estimate of drug-likeness (QED) is 0.863. The summed E-state index contributed by atoms with van der Waals surface area (Å²) in [5.41, 5.74) is 0.658. The highest BCUT2D eigenvalue weighted by atomic mass is 79.9. The summed E-state index contributed by atoms with van der Waals surface area (Å²) in [4.78, 5) is 0.247. The maximum atomic E-state index is 12.2. The smallest absolute Gasteiger partial charge is 0.241 e. The van der Waals surface area contributed by atoms with Gasteiger partial charge in [0.15, 0.2) is 0 Å². The third-order valence-electron chi connectivity index (χ3n) is 3.31. The summed E-state index contributed by atoms with van der Waals surface area (Å²) >= 11 is 3.25. The van der Waals surface area contributed by atoms with E-state index in [1.807, 2.05) is 13.0 Å². The summed E-state index contributed by atoms with van der Waals surface area (Å²) in [6.45, 7) is 2.18. The molecule has 18 heavy (non-hydrogen) atoms. The van der Waals surface area contributed by atoms with E-state index in [0.717, 1.165) is 18.4 Å². The van der Waals surface area contributed by atoms with E-state index in [0.29, 0.717) is 11.0 Å². The molecule has 1 fully saturated rings. The highest BCUT2D eigenvalue weighted by Crippen LogP contribution is 2.44. The minimum Gasteiger partial charge on any atom is -0.396 e. The molecule has 2 rings (SSSR count). The molecule has 1 aromatic carbocycles. The molecule has 4 nitrogen and oxygen atoms in total. The summed E-state index contributed by atoms with van der Waals surface area (Å²) < 4.78 is 27.5. The number of hydrogen-bond donors (Lipinski definition) is 2. The van der Waals surface area contributed by atoms with Crippen LogP contribution in [-0.2, 0) is 10.0 Å². The van der Waals surface area contributed by atoms with Crippen molar-refractivity contribution < 1.29 is 13.5 Å². The van der Waals surface area contributed by atoms with E-state index in [1.54, 1.807) is 12.1 Å². The van der Waals surface area contributed by atoms with Crippen molar-refractivity contribution in [3.8, 4) is 0 Å². The maximum absolute atomic E-state index is 12.2. The van der Waals surface area contributed by atoms with Crippen LogP contribution in [0.3, 0.4) is 0 Å². The summed E-state index contributed by atoms with van der Waals surface area (Å²) in [5, 5.41) is 9.18. The molecule has 0 atom stereocenters. The first-order chi connectivity index (χ1) is 8.38. The topological polar surface area (TPSA) is 66.4 Å². The van der Waals surface area contributed by atoms with Gasteiger partial charge in [0.25, 0.3) is 0 Å². The number of sulfonamides is 1. The van der Waals surface area contributed by atoms with Crippen molar-refractivity contribution in [2.24, 2.45) is 5.41 Å². The molecule has 0 unspecified atom stereocenters. The van der Waals surface area contributed by atoms with E-state index in [4.69, 9.17) is 0 Å². The van der Waals surface area contributed by atoms with Crippen molar-refractivity contribution >= 4 is 26.0 Å². The lowest BCUT2D eigenvalue weighted by Crippen LogP contribution is -2.32. The minimum atomic E-state index is -3.52. The van der Waals surface area contributed by atoms with Crippen LogP contribution in [0.4, 0.5) is 0 Å². The molecule has 0 radical (unpaired) electrons. The van der Waals surface area contributed by atoms with Crippen LogP contribution < -0.4 is 4.72 Å². The molecule has 0 aromatic heterocycles. The second-order valence-electron chi connectivity index (χ2n) is 4.92. The van der Waals surface area contributed by atoms with Crippen LogP contribution in [0.1, 0.15) is 18.4 Å². The Bertz CT molecular complexity index is 552. The number of benzene rings is 1. The molecular formula is C12H16BrNO3S. The van der Waals surface area contributed by atoms with Gasteiger partial charge in [0.2, 0.25) is 10.0 Å². The standard InChI is InChI=1S/C12H16BrNO3S/c1-9-2-3-10(13)11(6-9)18(16,17)14-7-12(8-15)4-5-12/h2-3,6,14-15H,4-5,7-8H2,1H3. The number of halogens is 1. The van der Waals surface area contributed by atoms with Crippen molar-refractivity contribution in [2.45, 2.75) is 24.7 Å². The van der Waals surface area contributed by atoms with Crippen LogP contribution in [0.2, 0.25) is 0 Å². The lowest BCUT2D eigenvalue weighted by atomic mass is 10.1. The number of hydrogen-bond acceptors (Lipinski definition) is 3. The molecule has 6 heteroatoms. The normalized spacial score (nSPS) is 17.7. The van der Waals surface area contributed by atoms with Gasteiger partial charge >= 0.3 is 0 Å². The van der Waals surface area contributed by atoms with Crippen molar-refractivity contribution in [1.82, 2.24) is 4.72 Å². The number of rotatable bonds is 5. The fourth-order valence-electron chi connectivity index (χ4n) is 1.71. The zero-order chi connectivity index (χ0) is 13.4. The summed E-state index contributed by atoms with van der Waals surface area (Å²) in [6.07, 6.45) is 1.75. The molecule has 0 spiro atoms. The lowest BCUT2D eigenvalue weighted by molar-refractivity contribution is 0.213. The van der Waals surface area contributed by atoms with Crippen molar-refractivity contribution in [3.63, 3.8) is 0 Å². The van der Waals surface area contributed by atoms with Gasteiger partial charge in [-0.05, 0) is 53.4 Å². The van der Waals surface area contributed by atoms with Crippen LogP contribution in [0.25, 0.3) is 0 Å². The molecule has 0 heterocycles. The molecule has 0 aliphatic heterocycles. The van der Waals surface area contributed by atoms with Gasteiger partial charge < -0.3 is 5.11 Å². The van der Waals surface area contributed by atoms with E-state index in [1.165, 1.54) is 0 Å². The van der Waals surface area contributed by atoms with E-state index >= 15 is 0 Å². The first-order valence-electron chi connectivity index (χ1n) is 5.75. The Morgan fingerprint density at radius 3 is 2.67 bits per heavy atom. The van der Waals surface area contributed by atoms with Gasteiger partial charge in [-0.2, -0.15) is 0 Å². The highest BCUT2D eigenvalue weighted by Gasteiger charge is 2.42. The van der Waals surface area contributed by atoms with Gasteiger partial charge in [-0.25, -0.2) is 13.1 Å². The van der Waals surface area contributed by atoms with Crippen LogP contribution in [0.5, 0.6) is 0 Å². The molecule has 1 aliphatic carbocycles. The van der Waals surface area contributed by atoms with Crippen molar-refractivity contribution in [2.75, 3.05) is 13.2 Å². The second kappa shape index (κ2) is 4.92. The molecule has 1 saturated carbocycles. The summed E-state index contributed by atoms with van der Waals surface area (Å²) in [5.74, 6) is 0. The Morgan fingerprint density at radius 1 is 1.44 bits per heavy atom. The largest absolute Gasteiger partial charge is 0.396 e. The number of aliphatic hydroxyl groups excluding tert-OH is 1. The van der Waals surface area contributed by atoms with Crippen molar-refractivity contribution in [1.29, 1.82) is 0 Å². The van der Waals surface area contributed by atoms with Crippen LogP contribution >= 0.6 is 15.9 Å². The maximum Gasteiger partial charge on any atom is 0.241 e. The second-order valence-corrected chi connectivity index (χ2v) is 7.51. The van der Waals surface area contributed by atoms with Gasteiger partial charge in [0, 0.05) is 23.0 Å². The molecule has 2 N–H and O–H groups in total. The fourth-order valence-corrected chi connectivity index (χ4v) is 3.91. The molecule has 0 saturated heterocycles. The van der Waals surface area contributed by atoms with Gasteiger partial charge in [0.1, 0.15) is 0 Å². The van der Waals surface area contributed by atoms with E-state index in [2.05, 4.69) is 20.7 Å². The zero-order valence-corrected chi connectivity index (χ0v) is 12.5. The predicted octanol–water partition coefficient (Wildman–Crippen LogP) is 1.81. The molecular weight excluding hydrogens is 318 g/mol. The monoisotopic (exact) mass is 333 g/mol. The SMILES string of the molecule is Cc1ccc(Br)c(S(=O)(=O)NCC2(CO)CC2)c1. The van der Waals surface area contributed by atoms with E-state index < -0.39 is 10.0 Å². The third kappa shape index (κ3) is 2.93. The third-order valence-corrected chi connectivity index (χ3v) is 5.70. The highest BCUT2D eigenvalue weighted by molar-refractivity contribution is 9.10. The summed E-state index contributed by atoms with van der Waals surface area (Å²) in [7, 11) is -3.52. The van der Waals surface area contributed by atoms with Crippen LogP contribution in [0.15, 0.2) is 27.6 Å². The zero-order valence-electron chi connectivity index (χ0n) is 10.1. The average Bonchev–Trinajstić information content (AvgIpc) is 3.11. The Labute approximate surface area is 116 Å². The number of aliphatic hydroxyl groups is 1. The average molecular weight is 334 g/mol. The Balaban J connectivity index is 2.18. The van der Waals surface area contributed by atoms with Gasteiger partial charge in [-0.1, -0.05) is 6.07 Å². The Hall–Kier alpha value is -0.430. The molecule has 1 aliphatic rings. The first-order valence-corrected chi connectivity index (χ1v) is 8.03. The molecule has 0 amide bonds. The van der Waals surface area contributed by atoms with Crippen LogP contribution in [-0.4, -0.2) is 26.7 Å².